The number of carboxylic acid groups (broad SMARTS) is 1. The average molecular weight is 451 g/mol. The quantitative estimate of drug-likeness (QED) is 0.579. The number of carboxylic acids is 1. The molecule has 3 heterocycles. The van der Waals surface area contributed by atoms with Crippen molar-refractivity contribution in [3.8, 4) is 0 Å². The van der Waals surface area contributed by atoms with Crippen LogP contribution >= 0.6 is 0 Å². The van der Waals surface area contributed by atoms with Crippen LogP contribution in [-0.4, -0.2) is 42.6 Å². The first kappa shape index (κ1) is 24.2. The van der Waals surface area contributed by atoms with Crippen LogP contribution < -0.4 is 5.32 Å². The molecule has 3 aromatic heterocycles. The van der Waals surface area contributed by atoms with E-state index >= 15 is 0 Å². The van der Waals surface area contributed by atoms with Gasteiger partial charge in [-0.1, -0.05) is 6.07 Å². The number of rotatable bonds is 5. The summed E-state index contributed by atoms with van der Waals surface area (Å²) in [6.45, 7) is 3.30. The molecule has 0 aliphatic rings. The van der Waals surface area contributed by atoms with Crippen LogP contribution in [0.15, 0.2) is 30.6 Å². The lowest BCUT2D eigenvalue weighted by Gasteiger charge is -2.09. The zero-order valence-corrected chi connectivity index (χ0v) is 16.4. The third-order valence-corrected chi connectivity index (χ3v) is 4.12. The molecule has 0 radical (unpaired) electrons. The Morgan fingerprint density at radius 3 is 2.32 bits per heavy atom. The van der Waals surface area contributed by atoms with Crippen LogP contribution in [0.3, 0.4) is 0 Å². The number of aliphatic carboxylic acids is 1. The van der Waals surface area contributed by atoms with Crippen molar-refractivity contribution >= 4 is 11.6 Å². The van der Waals surface area contributed by atoms with Crippen molar-refractivity contribution in [2.24, 2.45) is 0 Å². The Balaban J connectivity index is 0.000000423. The molecule has 0 spiro atoms. The van der Waals surface area contributed by atoms with Gasteiger partial charge in [-0.3, -0.25) is 4.68 Å². The number of aryl methyl sites for hydroxylation is 1. The molecular weight excluding hydrogens is 432 g/mol. The van der Waals surface area contributed by atoms with Gasteiger partial charge in [0.15, 0.2) is 0 Å². The second-order valence-corrected chi connectivity index (χ2v) is 6.53. The highest BCUT2D eigenvalue weighted by Gasteiger charge is 2.38. The van der Waals surface area contributed by atoms with E-state index in [1.165, 1.54) is 0 Å². The third kappa shape index (κ3) is 6.98. The van der Waals surface area contributed by atoms with Crippen molar-refractivity contribution in [3.63, 3.8) is 0 Å². The van der Waals surface area contributed by atoms with Crippen LogP contribution in [0.5, 0.6) is 0 Å². The van der Waals surface area contributed by atoms with Crippen LogP contribution in [0.25, 0.3) is 5.65 Å². The number of hydrogen-bond acceptors (Lipinski definition) is 4. The van der Waals surface area contributed by atoms with Gasteiger partial charge in [-0.15, -0.1) is 0 Å². The zero-order chi connectivity index (χ0) is 23.4. The number of fused-ring (bicyclic) bond motifs is 1. The van der Waals surface area contributed by atoms with Crippen molar-refractivity contribution in [2.75, 3.05) is 0 Å². The number of imidazole rings is 1. The number of carbonyl (C=O) groups is 1. The molecule has 0 atom stereocenters. The summed E-state index contributed by atoms with van der Waals surface area (Å²) in [5.74, 6) is -2.76. The highest BCUT2D eigenvalue weighted by molar-refractivity contribution is 5.73. The van der Waals surface area contributed by atoms with Crippen LogP contribution in [0, 0.1) is 13.8 Å². The summed E-state index contributed by atoms with van der Waals surface area (Å²) in [5.41, 5.74) is 3.67. The van der Waals surface area contributed by atoms with Gasteiger partial charge in [0.25, 0.3) is 0 Å². The molecule has 2 N–H and O–H groups in total. The third-order valence-electron chi connectivity index (χ3n) is 4.12. The van der Waals surface area contributed by atoms with E-state index in [9.17, 15) is 26.3 Å². The molecular formula is C18H19F6N5O2. The van der Waals surface area contributed by atoms with Gasteiger partial charge in [0.2, 0.25) is 0 Å². The normalized spacial score (nSPS) is 12.0. The maximum atomic E-state index is 12.5. The lowest BCUT2D eigenvalue weighted by molar-refractivity contribution is -0.192. The Kier molecular flexibility index (Phi) is 7.31. The fraction of sp³-hybridized carbons (Fsp3) is 0.389. The topological polar surface area (TPSA) is 84.5 Å². The number of alkyl halides is 6. The SMILES string of the molecule is Cc1nn(CC(F)(F)F)c(C)c1CNCc1cn2ccccc2n1.O=C(O)C(F)(F)F. The van der Waals surface area contributed by atoms with Gasteiger partial charge >= 0.3 is 18.3 Å². The van der Waals surface area contributed by atoms with Crippen molar-refractivity contribution in [3.05, 3.63) is 53.2 Å². The van der Waals surface area contributed by atoms with Crippen molar-refractivity contribution < 1.29 is 36.2 Å². The largest absolute Gasteiger partial charge is 0.490 e. The summed E-state index contributed by atoms with van der Waals surface area (Å²) in [4.78, 5) is 13.4. The van der Waals surface area contributed by atoms with E-state index in [4.69, 9.17) is 9.90 Å². The molecule has 0 saturated carbocycles. The fourth-order valence-electron chi connectivity index (χ4n) is 2.70. The summed E-state index contributed by atoms with van der Waals surface area (Å²) < 4.78 is 72.3. The fourth-order valence-corrected chi connectivity index (χ4v) is 2.70. The molecule has 0 amide bonds. The van der Waals surface area contributed by atoms with Gasteiger partial charge in [0.05, 0.1) is 11.4 Å². The predicted molar refractivity (Wildman–Crippen MR) is 97.2 cm³/mol. The predicted octanol–water partition coefficient (Wildman–Crippen LogP) is 3.63. The summed E-state index contributed by atoms with van der Waals surface area (Å²) in [7, 11) is 0. The molecule has 13 heteroatoms. The van der Waals surface area contributed by atoms with Gasteiger partial charge in [-0.2, -0.15) is 31.4 Å². The van der Waals surface area contributed by atoms with Gasteiger partial charge in [-0.25, -0.2) is 9.78 Å². The van der Waals surface area contributed by atoms with Crippen LogP contribution in [0.1, 0.15) is 22.6 Å². The first-order chi connectivity index (χ1) is 14.3. The highest BCUT2D eigenvalue weighted by Crippen LogP contribution is 2.21. The van der Waals surface area contributed by atoms with E-state index in [-0.39, 0.29) is 0 Å². The van der Waals surface area contributed by atoms with Crippen LogP contribution in [-0.2, 0) is 24.4 Å². The van der Waals surface area contributed by atoms with E-state index in [2.05, 4.69) is 15.4 Å². The standard InChI is InChI=1S/C16H18F3N5.C2HF3O2/c1-11-14(12(2)24(22-11)10-16(17,18)19)8-20-7-13-9-23-6-4-3-5-15(23)21-13;3-2(4,5)1(6)7/h3-6,9,20H,7-8,10H2,1-2H3;(H,6,7). The number of halogens is 6. The molecule has 0 saturated heterocycles. The number of nitrogens with zero attached hydrogens (tertiary/aromatic N) is 4. The Labute approximate surface area is 172 Å². The smallest absolute Gasteiger partial charge is 0.475 e. The molecule has 170 valence electrons. The Morgan fingerprint density at radius 1 is 1.13 bits per heavy atom. The second kappa shape index (κ2) is 9.37. The van der Waals surface area contributed by atoms with E-state index in [1.807, 2.05) is 35.0 Å². The zero-order valence-electron chi connectivity index (χ0n) is 16.4. The van der Waals surface area contributed by atoms with Gasteiger partial charge in [0, 0.05) is 36.7 Å². The first-order valence-corrected chi connectivity index (χ1v) is 8.81. The van der Waals surface area contributed by atoms with Gasteiger partial charge in [-0.05, 0) is 26.0 Å². The van der Waals surface area contributed by atoms with Crippen molar-refractivity contribution in [2.45, 2.75) is 45.8 Å². The van der Waals surface area contributed by atoms with E-state index in [0.29, 0.717) is 24.5 Å². The molecule has 0 fully saturated rings. The minimum Gasteiger partial charge on any atom is -0.475 e. The summed E-state index contributed by atoms with van der Waals surface area (Å²) in [6.07, 6.45) is -5.51. The maximum Gasteiger partial charge on any atom is 0.490 e. The molecule has 7 nitrogen and oxygen atoms in total. The van der Waals surface area contributed by atoms with Crippen molar-refractivity contribution in [1.29, 1.82) is 0 Å². The summed E-state index contributed by atoms with van der Waals surface area (Å²) in [5, 5.41) is 14.3. The van der Waals surface area contributed by atoms with E-state index < -0.39 is 24.9 Å². The Morgan fingerprint density at radius 2 is 1.77 bits per heavy atom. The highest BCUT2D eigenvalue weighted by atomic mass is 19.4. The lowest BCUT2D eigenvalue weighted by Crippen LogP contribution is -2.21. The number of nitrogens with one attached hydrogen (secondary N) is 1. The van der Waals surface area contributed by atoms with Crippen LogP contribution in [0.4, 0.5) is 26.3 Å². The maximum absolute atomic E-state index is 12.5. The van der Waals surface area contributed by atoms with E-state index in [0.717, 1.165) is 21.6 Å². The summed E-state index contributed by atoms with van der Waals surface area (Å²) >= 11 is 0. The van der Waals surface area contributed by atoms with E-state index in [1.54, 1.807) is 13.8 Å². The number of hydrogen-bond donors (Lipinski definition) is 2. The average Bonchev–Trinajstić information content (AvgIpc) is 3.15. The molecule has 0 bridgehead atoms. The molecule has 3 rings (SSSR count). The molecule has 3 aromatic rings. The molecule has 0 unspecified atom stereocenters. The van der Waals surface area contributed by atoms with Crippen LogP contribution in [0.2, 0.25) is 0 Å². The van der Waals surface area contributed by atoms with Gasteiger partial charge in [0.1, 0.15) is 12.2 Å². The lowest BCUT2D eigenvalue weighted by atomic mass is 10.2. The molecule has 31 heavy (non-hydrogen) atoms. The molecule has 0 aliphatic heterocycles. The summed E-state index contributed by atoms with van der Waals surface area (Å²) in [6, 6.07) is 5.76. The Bertz CT molecular complexity index is 1010. The molecule has 0 aliphatic carbocycles. The second-order valence-electron chi connectivity index (χ2n) is 6.53. The minimum absolute atomic E-state index is 0.448. The Hall–Kier alpha value is -3.09. The molecule has 0 aromatic carbocycles. The van der Waals surface area contributed by atoms with Gasteiger partial charge < -0.3 is 14.8 Å². The number of aromatic nitrogens is 4. The van der Waals surface area contributed by atoms with Crippen molar-refractivity contribution in [1.82, 2.24) is 24.5 Å². The monoisotopic (exact) mass is 451 g/mol. The minimum atomic E-state index is -5.08. The number of pyridine rings is 1. The first-order valence-electron chi connectivity index (χ1n) is 8.81.